The van der Waals surface area contributed by atoms with E-state index in [9.17, 15) is 14.5 Å². The van der Waals surface area contributed by atoms with Crippen LogP contribution in [0.3, 0.4) is 0 Å². The standard InChI is InChI=1S/C22H28NO4P/c1-22(2,3)27-21(25)23-16-10-15-19(23)20(24)28(26,17-11-6-4-7-12-17)18-13-8-5-9-14-18/h4-9,11-14,19-20,24H,10,15-16H2,1-3H3/t19-,20+/m0/s1. The van der Waals surface area contributed by atoms with E-state index in [4.69, 9.17) is 4.74 Å². The first kappa shape index (κ1) is 20.6. The van der Waals surface area contributed by atoms with Gasteiger partial charge in [-0.3, -0.25) is 0 Å². The van der Waals surface area contributed by atoms with E-state index >= 15 is 0 Å². The van der Waals surface area contributed by atoms with Crippen LogP contribution in [0, 0.1) is 0 Å². The van der Waals surface area contributed by atoms with E-state index < -0.39 is 30.7 Å². The maximum Gasteiger partial charge on any atom is 0.410 e. The molecule has 150 valence electrons. The molecule has 2 aromatic rings. The van der Waals surface area contributed by atoms with Crippen LogP contribution in [-0.2, 0) is 9.30 Å². The summed E-state index contributed by atoms with van der Waals surface area (Å²) in [5, 5.41) is 12.6. The zero-order valence-electron chi connectivity index (χ0n) is 16.6. The number of carbonyl (C=O) groups is 1. The minimum atomic E-state index is -3.39. The zero-order chi connectivity index (χ0) is 20.4. The number of benzene rings is 2. The van der Waals surface area contributed by atoms with Crippen LogP contribution in [0.4, 0.5) is 4.79 Å². The van der Waals surface area contributed by atoms with Crippen LogP contribution in [0.1, 0.15) is 33.6 Å². The molecule has 5 nitrogen and oxygen atoms in total. The summed E-state index contributed by atoms with van der Waals surface area (Å²) in [6, 6.07) is 17.6. The number of carbonyl (C=O) groups excluding carboxylic acids is 1. The first-order valence-electron chi connectivity index (χ1n) is 9.62. The molecule has 6 heteroatoms. The highest BCUT2D eigenvalue weighted by atomic mass is 31.2. The molecule has 1 saturated heterocycles. The minimum Gasteiger partial charge on any atom is -0.444 e. The van der Waals surface area contributed by atoms with Gasteiger partial charge in [0.25, 0.3) is 0 Å². The van der Waals surface area contributed by atoms with Crippen molar-refractivity contribution in [2.75, 3.05) is 6.54 Å². The van der Waals surface area contributed by atoms with Crippen molar-refractivity contribution in [1.29, 1.82) is 0 Å². The number of aliphatic hydroxyl groups is 1. The summed E-state index contributed by atoms with van der Waals surface area (Å²) in [5.41, 5.74) is -0.627. The average Bonchev–Trinajstić information content (AvgIpc) is 3.17. The summed E-state index contributed by atoms with van der Waals surface area (Å²) in [6.45, 7) is 5.92. The van der Waals surface area contributed by atoms with Crippen molar-refractivity contribution in [1.82, 2.24) is 4.90 Å². The van der Waals surface area contributed by atoms with Crippen molar-refractivity contribution >= 4 is 23.8 Å². The molecule has 1 N–H and O–H groups in total. The number of aliphatic hydroxyl groups excluding tert-OH is 1. The lowest BCUT2D eigenvalue weighted by molar-refractivity contribution is 0.0144. The molecule has 2 atom stereocenters. The van der Waals surface area contributed by atoms with Crippen LogP contribution in [-0.4, -0.2) is 40.1 Å². The quantitative estimate of drug-likeness (QED) is 0.793. The highest BCUT2D eigenvalue weighted by Crippen LogP contribution is 2.51. The zero-order valence-corrected chi connectivity index (χ0v) is 17.5. The fourth-order valence-corrected chi connectivity index (χ4v) is 6.58. The Morgan fingerprint density at radius 2 is 1.57 bits per heavy atom. The number of likely N-dealkylation sites (tertiary alicyclic amines) is 1. The lowest BCUT2D eigenvalue weighted by atomic mass is 10.2. The molecule has 1 aliphatic rings. The fourth-order valence-electron chi connectivity index (χ4n) is 3.65. The highest BCUT2D eigenvalue weighted by molar-refractivity contribution is 7.79. The number of nitrogens with zero attached hydrogens (tertiary/aromatic N) is 1. The Morgan fingerprint density at radius 3 is 2.04 bits per heavy atom. The summed E-state index contributed by atoms with van der Waals surface area (Å²) in [5.74, 6) is -1.20. The molecule has 0 bridgehead atoms. The smallest absolute Gasteiger partial charge is 0.410 e. The Labute approximate surface area is 166 Å². The van der Waals surface area contributed by atoms with E-state index in [0.717, 1.165) is 6.42 Å². The third kappa shape index (κ3) is 4.16. The van der Waals surface area contributed by atoms with Gasteiger partial charge >= 0.3 is 6.09 Å². The number of amides is 1. The lowest BCUT2D eigenvalue weighted by Gasteiger charge is -2.34. The first-order chi connectivity index (χ1) is 13.2. The molecule has 2 aromatic carbocycles. The number of ether oxygens (including phenoxy) is 1. The van der Waals surface area contributed by atoms with Crippen molar-refractivity contribution in [3.05, 3.63) is 60.7 Å². The molecular formula is C22H28NO4P. The van der Waals surface area contributed by atoms with Gasteiger partial charge in [0.05, 0.1) is 6.04 Å². The number of rotatable bonds is 4. The van der Waals surface area contributed by atoms with Gasteiger partial charge in [0, 0.05) is 17.2 Å². The van der Waals surface area contributed by atoms with E-state index in [1.54, 1.807) is 24.3 Å². The minimum absolute atomic E-state index is 0.471. The van der Waals surface area contributed by atoms with Crippen molar-refractivity contribution < 1.29 is 19.2 Å². The third-order valence-electron chi connectivity index (χ3n) is 4.92. The molecule has 0 unspecified atom stereocenters. The molecular weight excluding hydrogens is 373 g/mol. The van der Waals surface area contributed by atoms with E-state index in [1.807, 2.05) is 57.2 Å². The second-order valence-electron chi connectivity index (χ2n) is 8.13. The first-order valence-corrected chi connectivity index (χ1v) is 11.4. The highest BCUT2D eigenvalue weighted by Gasteiger charge is 2.46. The summed E-state index contributed by atoms with van der Waals surface area (Å²) >= 11 is 0. The van der Waals surface area contributed by atoms with Gasteiger partial charge in [-0.15, -0.1) is 0 Å². The van der Waals surface area contributed by atoms with E-state index in [0.29, 0.717) is 23.6 Å². The van der Waals surface area contributed by atoms with Crippen LogP contribution < -0.4 is 10.6 Å². The predicted molar refractivity (Wildman–Crippen MR) is 112 cm³/mol. The molecule has 0 spiro atoms. The molecule has 1 aliphatic heterocycles. The molecule has 0 saturated carbocycles. The molecule has 1 fully saturated rings. The van der Waals surface area contributed by atoms with Gasteiger partial charge in [-0.1, -0.05) is 60.7 Å². The van der Waals surface area contributed by atoms with Crippen LogP contribution in [0.15, 0.2) is 60.7 Å². The Hall–Kier alpha value is -2.10. The van der Waals surface area contributed by atoms with Crippen LogP contribution in [0.25, 0.3) is 0 Å². The second-order valence-corrected chi connectivity index (χ2v) is 11.0. The predicted octanol–water partition coefficient (Wildman–Crippen LogP) is 3.72. The van der Waals surface area contributed by atoms with Crippen molar-refractivity contribution in [2.45, 2.75) is 51.1 Å². The molecule has 28 heavy (non-hydrogen) atoms. The van der Waals surface area contributed by atoms with Gasteiger partial charge in [0.15, 0.2) is 7.14 Å². The van der Waals surface area contributed by atoms with Crippen molar-refractivity contribution in [3.63, 3.8) is 0 Å². The second kappa shape index (κ2) is 8.10. The lowest BCUT2D eigenvalue weighted by Crippen LogP contribution is -2.47. The summed E-state index contributed by atoms with van der Waals surface area (Å²) in [7, 11) is -3.39. The van der Waals surface area contributed by atoms with E-state index in [2.05, 4.69) is 0 Å². The Kier molecular flexibility index (Phi) is 5.97. The SMILES string of the molecule is CC(C)(C)OC(=O)N1CCC[C@H]1[C@H](O)P(=O)(c1ccccc1)c1ccccc1. The van der Waals surface area contributed by atoms with Crippen molar-refractivity contribution in [3.8, 4) is 0 Å². The van der Waals surface area contributed by atoms with E-state index in [1.165, 1.54) is 4.90 Å². The van der Waals surface area contributed by atoms with Crippen LogP contribution in [0.2, 0.25) is 0 Å². The summed E-state index contributed by atoms with van der Waals surface area (Å²) in [6.07, 6.45) is 0.857. The van der Waals surface area contributed by atoms with Crippen LogP contribution >= 0.6 is 7.14 Å². The molecule has 0 radical (unpaired) electrons. The average molecular weight is 401 g/mol. The van der Waals surface area contributed by atoms with Crippen molar-refractivity contribution in [2.24, 2.45) is 0 Å². The molecule has 1 heterocycles. The monoisotopic (exact) mass is 401 g/mol. The molecule has 3 rings (SSSR count). The Bertz CT molecular complexity index is 804. The maximum atomic E-state index is 14.3. The third-order valence-corrected chi connectivity index (χ3v) is 8.14. The summed E-state index contributed by atoms with van der Waals surface area (Å²) in [4.78, 5) is 14.2. The van der Waals surface area contributed by atoms with Gasteiger partial charge in [0.1, 0.15) is 11.4 Å². The number of hydrogen-bond acceptors (Lipinski definition) is 4. The van der Waals surface area contributed by atoms with Gasteiger partial charge in [0.2, 0.25) is 0 Å². The fraction of sp³-hybridized carbons (Fsp3) is 0.409. The van der Waals surface area contributed by atoms with Gasteiger partial charge < -0.3 is 19.3 Å². The maximum absolute atomic E-state index is 14.3. The Morgan fingerprint density at radius 1 is 1.07 bits per heavy atom. The topological polar surface area (TPSA) is 66.8 Å². The van der Waals surface area contributed by atoms with Gasteiger partial charge in [-0.05, 0) is 33.6 Å². The number of hydrogen-bond donors (Lipinski definition) is 1. The Balaban J connectivity index is 1.99. The van der Waals surface area contributed by atoms with Gasteiger partial charge in [-0.25, -0.2) is 4.79 Å². The van der Waals surface area contributed by atoms with Gasteiger partial charge in [-0.2, -0.15) is 0 Å². The molecule has 0 aliphatic carbocycles. The largest absolute Gasteiger partial charge is 0.444 e. The van der Waals surface area contributed by atoms with Crippen LogP contribution in [0.5, 0.6) is 0 Å². The molecule has 0 aromatic heterocycles. The van der Waals surface area contributed by atoms with E-state index in [-0.39, 0.29) is 0 Å². The molecule has 1 amide bonds. The normalized spacial score (nSPS) is 18.7. The summed E-state index contributed by atoms with van der Waals surface area (Å²) < 4.78 is 19.8.